The van der Waals surface area contributed by atoms with Crippen LogP contribution in [0.1, 0.15) is 23.6 Å². The van der Waals surface area contributed by atoms with Crippen molar-refractivity contribution in [2.24, 2.45) is 5.10 Å². The van der Waals surface area contributed by atoms with Crippen molar-refractivity contribution in [3.05, 3.63) is 91.6 Å². The zero-order chi connectivity index (χ0) is 19.0. The minimum Gasteiger partial charge on any atom is -0.493 e. The maximum atomic E-state index is 12.4. The second kappa shape index (κ2) is 6.77. The van der Waals surface area contributed by atoms with Gasteiger partial charge in [-0.2, -0.15) is 5.10 Å². The Bertz CT molecular complexity index is 1150. The minimum absolute atomic E-state index is 0.0412. The summed E-state index contributed by atoms with van der Waals surface area (Å²) in [6.45, 7) is 0. The molecule has 0 fully saturated rings. The molecule has 0 amide bonds. The van der Waals surface area contributed by atoms with Crippen LogP contribution in [0.3, 0.4) is 0 Å². The highest BCUT2D eigenvalue weighted by atomic mass is 35.5. The van der Waals surface area contributed by atoms with Crippen LogP contribution in [0.2, 0.25) is 5.02 Å². The van der Waals surface area contributed by atoms with Gasteiger partial charge in [-0.15, -0.1) is 0 Å². The maximum Gasteiger partial charge on any atom is 0.335 e. The number of hydrogen-bond acceptors (Lipinski definition) is 5. The molecule has 3 N–H and O–H groups in total. The van der Waals surface area contributed by atoms with E-state index < -0.39 is 17.1 Å². The Morgan fingerprint density at radius 2 is 1.89 bits per heavy atom. The molecule has 2 aromatic carbocycles. The zero-order valence-corrected chi connectivity index (χ0v) is 14.8. The lowest BCUT2D eigenvalue weighted by Gasteiger charge is -2.12. The Hall–Kier alpha value is -3.32. The fourth-order valence-electron chi connectivity index (χ4n) is 3.12. The van der Waals surface area contributed by atoms with Gasteiger partial charge in [0, 0.05) is 11.4 Å². The third-order valence-corrected chi connectivity index (χ3v) is 4.63. The Morgan fingerprint density at radius 3 is 2.63 bits per heavy atom. The zero-order valence-electron chi connectivity index (χ0n) is 14.0. The Labute approximate surface area is 158 Å². The molecular formula is C19H15ClN4O3. The lowest BCUT2D eigenvalue weighted by atomic mass is 10.00. The van der Waals surface area contributed by atoms with Crippen molar-refractivity contribution >= 4 is 17.3 Å². The summed E-state index contributed by atoms with van der Waals surface area (Å²) in [7, 11) is 0. The first-order valence-electron chi connectivity index (χ1n) is 8.26. The number of rotatable bonds is 3. The summed E-state index contributed by atoms with van der Waals surface area (Å²) < 4.78 is 1.00. The van der Waals surface area contributed by atoms with Crippen LogP contribution >= 0.6 is 11.6 Å². The number of halogens is 1. The van der Waals surface area contributed by atoms with Crippen molar-refractivity contribution < 1.29 is 5.11 Å². The molecule has 0 aliphatic carbocycles. The van der Waals surface area contributed by atoms with Crippen LogP contribution in [-0.4, -0.2) is 20.4 Å². The lowest BCUT2D eigenvalue weighted by Crippen LogP contribution is -2.33. The number of nitrogens with zero attached hydrogens (tertiary/aromatic N) is 2. The van der Waals surface area contributed by atoms with Gasteiger partial charge in [-0.3, -0.25) is 9.78 Å². The second-order valence-corrected chi connectivity index (χ2v) is 6.56. The van der Waals surface area contributed by atoms with Gasteiger partial charge in [-0.1, -0.05) is 48.0 Å². The molecule has 27 heavy (non-hydrogen) atoms. The Morgan fingerprint density at radius 1 is 1.11 bits per heavy atom. The first-order chi connectivity index (χ1) is 13.0. The van der Waals surface area contributed by atoms with Crippen molar-refractivity contribution in [1.82, 2.24) is 15.0 Å². The van der Waals surface area contributed by atoms with E-state index in [2.05, 4.69) is 15.5 Å². The normalized spacial score (nSPS) is 16.0. The van der Waals surface area contributed by atoms with Gasteiger partial charge < -0.3 is 10.5 Å². The molecule has 3 aromatic rings. The van der Waals surface area contributed by atoms with Crippen molar-refractivity contribution in [2.45, 2.75) is 12.5 Å². The Kier molecular flexibility index (Phi) is 4.29. The van der Waals surface area contributed by atoms with Crippen LogP contribution in [0.4, 0.5) is 0 Å². The summed E-state index contributed by atoms with van der Waals surface area (Å²) in [5, 5.41) is 15.3. The molecule has 0 saturated carbocycles. The highest BCUT2D eigenvalue weighted by Gasteiger charge is 2.27. The third-order valence-electron chi connectivity index (χ3n) is 4.40. The number of nitrogens with one attached hydrogen (secondary N) is 2. The fourth-order valence-corrected chi connectivity index (χ4v) is 3.30. The second-order valence-electron chi connectivity index (χ2n) is 6.13. The van der Waals surface area contributed by atoms with E-state index in [1.807, 2.05) is 30.3 Å². The standard InChI is InChI=1S/C19H15ClN4O3/c20-12-7-4-8-13(9-12)24-18(26)16(17(25)21-19(24)27)15-10-14(22-23-15)11-5-2-1-3-6-11/h1-9,14,22,26H,10H2,(H,21,25,27)/t14-/m0/s1. The molecule has 0 saturated heterocycles. The number of hydrazone groups is 1. The molecule has 1 aliphatic rings. The molecule has 136 valence electrons. The molecular weight excluding hydrogens is 368 g/mol. The average Bonchev–Trinajstić information content (AvgIpc) is 3.12. The van der Waals surface area contributed by atoms with Gasteiger partial charge in [0.2, 0.25) is 5.88 Å². The summed E-state index contributed by atoms with van der Waals surface area (Å²) in [6, 6.07) is 16.0. The number of benzene rings is 2. The minimum atomic E-state index is -0.755. The molecule has 4 rings (SSSR count). The van der Waals surface area contributed by atoms with Crippen LogP contribution in [0, 0.1) is 0 Å². The van der Waals surface area contributed by atoms with Crippen molar-refractivity contribution in [2.75, 3.05) is 0 Å². The van der Waals surface area contributed by atoms with E-state index >= 15 is 0 Å². The van der Waals surface area contributed by atoms with E-state index in [1.165, 1.54) is 6.07 Å². The smallest absolute Gasteiger partial charge is 0.335 e. The van der Waals surface area contributed by atoms with Gasteiger partial charge in [0.25, 0.3) is 5.56 Å². The van der Waals surface area contributed by atoms with Crippen molar-refractivity contribution in [3.8, 4) is 11.6 Å². The number of aromatic amines is 1. The number of aromatic nitrogens is 2. The van der Waals surface area contributed by atoms with Gasteiger partial charge in [0.05, 0.1) is 17.4 Å². The molecule has 0 bridgehead atoms. The highest BCUT2D eigenvalue weighted by Crippen LogP contribution is 2.27. The van der Waals surface area contributed by atoms with Crippen LogP contribution in [-0.2, 0) is 0 Å². The molecule has 2 heterocycles. The Balaban J connectivity index is 1.77. The first kappa shape index (κ1) is 17.1. The number of aromatic hydroxyl groups is 1. The predicted molar refractivity (Wildman–Crippen MR) is 103 cm³/mol. The SMILES string of the molecule is O=c1[nH]c(=O)n(-c2cccc(Cl)c2)c(O)c1C1=NN[C@H](c2ccccc2)C1. The quantitative estimate of drug-likeness (QED) is 0.647. The average molecular weight is 383 g/mol. The molecule has 0 radical (unpaired) electrons. The number of hydrogen-bond donors (Lipinski definition) is 3. The first-order valence-corrected chi connectivity index (χ1v) is 8.64. The van der Waals surface area contributed by atoms with Crippen LogP contribution in [0.25, 0.3) is 5.69 Å². The molecule has 1 aromatic heterocycles. The fraction of sp³-hybridized carbons (Fsp3) is 0.105. The maximum absolute atomic E-state index is 12.4. The monoisotopic (exact) mass is 382 g/mol. The third kappa shape index (κ3) is 3.13. The topological polar surface area (TPSA) is 99.5 Å². The molecule has 7 nitrogen and oxygen atoms in total. The van der Waals surface area contributed by atoms with Crippen LogP contribution < -0.4 is 16.7 Å². The van der Waals surface area contributed by atoms with Gasteiger partial charge in [-0.05, 0) is 23.8 Å². The van der Waals surface area contributed by atoms with E-state index in [9.17, 15) is 14.7 Å². The van der Waals surface area contributed by atoms with Crippen LogP contribution in [0.5, 0.6) is 5.88 Å². The van der Waals surface area contributed by atoms with Gasteiger partial charge >= 0.3 is 5.69 Å². The van der Waals surface area contributed by atoms with E-state index in [0.29, 0.717) is 22.8 Å². The highest BCUT2D eigenvalue weighted by molar-refractivity contribution is 6.30. The van der Waals surface area contributed by atoms with E-state index in [4.69, 9.17) is 11.6 Å². The summed E-state index contributed by atoms with van der Waals surface area (Å²) >= 11 is 5.98. The molecule has 1 atom stereocenters. The van der Waals surface area contributed by atoms with Gasteiger partial charge in [-0.25, -0.2) is 9.36 Å². The number of H-pyrrole nitrogens is 1. The van der Waals surface area contributed by atoms with Crippen molar-refractivity contribution in [1.29, 1.82) is 0 Å². The predicted octanol–water partition coefficient (Wildman–Crippen LogP) is 2.32. The molecule has 8 heteroatoms. The van der Waals surface area contributed by atoms with E-state index in [-0.39, 0.29) is 11.6 Å². The van der Waals surface area contributed by atoms with Crippen LogP contribution in [0.15, 0.2) is 69.3 Å². The molecule has 0 unspecified atom stereocenters. The summed E-state index contributed by atoms with van der Waals surface area (Å²) in [5.41, 5.74) is 3.21. The summed E-state index contributed by atoms with van der Waals surface area (Å²) in [4.78, 5) is 26.9. The molecule has 1 aliphatic heterocycles. The van der Waals surface area contributed by atoms with Gasteiger partial charge in [0.1, 0.15) is 5.56 Å². The summed E-state index contributed by atoms with van der Waals surface area (Å²) in [5.74, 6) is -0.472. The molecule has 0 spiro atoms. The van der Waals surface area contributed by atoms with E-state index in [1.54, 1.807) is 18.2 Å². The van der Waals surface area contributed by atoms with E-state index in [0.717, 1.165) is 10.1 Å². The summed E-state index contributed by atoms with van der Waals surface area (Å²) in [6.07, 6.45) is 0.397. The lowest BCUT2D eigenvalue weighted by molar-refractivity contribution is 0.429. The van der Waals surface area contributed by atoms with Crippen molar-refractivity contribution in [3.63, 3.8) is 0 Å². The van der Waals surface area contributed by atoms with Gasteiger partial charge in [0.15, 0.2) is 0 Å². The largest absolute Gasteiger partial charge is 0.493 e.